The second kappa shape index (κ2) is 9.93. The Morgan fingerprint density at radius 2 is 1.64 bits per heavy atom. The number of ether oxygens (including phenoxy) is 1. The zero-order valence-electron chi connectivity index (χ0n) is 15.4. The van der Waals surface area contributed by atoms with Crippen molar-refractivity contribution in [3.8, 4) is 0 Å². The summed E-state index contributed by atoms with van der Waals surface area (Å²) in [5.74, 6) is -0.940. The number of carboxylic acids is 1. The van der Waals surface area contributed by atoms with E-state index in [1.807, 2.05) is 70.9 Å². The fraction of sp³-hybridized carbons (Fsp3) is 0.238. The van der Waals surface area contributed by atoms with E-state index in [9.17, 15) is 9.90 Å². The quantitative estimate of drug-likeness (QED) is 0.499. The average Bonchev–Trinajstić information content (AvgIpc) is 3.13. The van der Waals surface area contributed by atoms with Gasteiger partial charge in [-0.2, -0.15) is 0 Å². The van der Waals surface area contributed by atoms with Gasteiger partial charge in [0.05, 0.1) is 0 Å². The topological polar surface area (TPSA) is 62.7 Å². The van der Waals surface area contributed by atoms with Crippen molar-refractivity contribution in [1.82, 2.24) is 9.88 Å². The smallest absolute Gasteiger partial charge is 0.324 e. The van der Waals surface area contributed by atoms with Crippen LogP contribution in [0.15, 0.2) is 70.6 Å². The Hall–Kier alpha value is -2.06. The minimum atomic E-state index is -0.940. The third-order valence-electron chi connectivity index (χ3n) is 4.38. The summed E-state index contributed by atoms with van der Waals surface area (Å²) in [7, 11) is 1.53. The molecule has 0 unspecified atom stereocenters. The molecule has 2 atom stereocenters. The molecule has 0 saturated carbocycles. The van der Waals surface area contributed by atoms with Crippen LogP contribution in [0.25, 0.3) is 0 Å². The number of carbonyl (C=O) groups is 1. The van der Waals surface area contributed by atoms with Crippen LogP contribution in [0.3, 0.4) is 0 Å². The van der Waals surface area contributed by atoms with Gasteiger partial charge in [0.25, 0.3) is 0 Å². The number of hydrogen-bond acceptors (Lipinski definition) is 5. The van der Waals surface area contributed by atoms with Crippen LogP contribution in [0.4, 0.5) is 0 Å². The van der Waals surface area contributed by atoms with Crippen molar-refractivity contribution in [1.29, 1.82) is 0 Å². The predicted molar refractivity (Wildman–Crippen MR) is 113 cm³/mol. The first kappa shape index (κ1) is 20.7. The Labute approximate surface area is 176 Å². The summed E-state index contributed by atoms with van der Waals surface area (Å²) >= 11 is 4.73. The molecule has 3 aromatic rings. The van der Waals surface area contributed by atoms with Crippen molar-refractivity contribution in [2.45, 2.75) is 25.2 Å². The average molecular weight is 461 g/mol. The van der Waals surface area contributed by atoms with Gasteiger partial charge in [-0.3, -0.25) is 9.69 Å². The highest BCUT2D eigenvalue weighted by Crippen LogP contribution is 2.31. The number of aromatic nitrogens is 1. The maximum Gasteiger partial charge on any atom is 0.324 e. The van der Waals surface area contributed by atoms with Gasteiger partial charge in [0.1, 0.15) is 21.8 Å². The third kappa shape index (κ3) is 5.26. The molecular weight excluding hydrogens is 440 g/mol. The molecule has 0 spiro atoms. The molecule has 0 bridgehead atoms. The van der Waals surface area contributed by atoms with Crippen LogP contribution in [0.5, 0.6) is 0 Å². The molecule has 0 aliphatic heterocycles. The van der Waals surface area contributed by atoms with Crippen molar-refractivity contribution in [3.05, 3.63) is 86.8 Å². The summed E-state index contributed by atoms with van der Waals surface area (Å²) in [5, 5.41) is 12.6. The first-order valence-corrected chi connectivity index (χ1v) is 10.4. The lowest BCUT2D eigenvalue weighted by Crippen LogP contribution is -2.45. The Balaban J connectivity index is 1.96. The molecule has 28 heavy (non-hydrogen) atoms. The molecule has 0 aliphatic rings. The SMILES string of the molecule is CO[C@H](c1nc(Br)cs1)[C@@H](C(=O)O)N(Cc1ccccc1)Cc1ccccc1. The second-order valence-electron chi connectivity index (χ2n) is 6.32. The van der Waals surface area contributed by atoms with Crippen LogP contribution in [0.1, 0.15) is 22.2 Å². The lowest BCUT2D eigenvalue weighted by molar-refractivity contribution is -0.150. The van der Waals surface area contributed by atoms with E-state index >= 15 is 0 Å². The molecule has 1 heterocycles. The summed E-state index contributed by atoms with van der Waals surface area (Å²) in [6, 6.07) is 18.8. The minimum Gasteiger partial charge on any atom is -0.480 e. The number of thiazole rings is 1. The molecule has 0 radical (unpaired) electrons. The van der Waals surface area contributed by atoms with Crippen molar-refractivity contribution < 1.29 is 14.6 Å². The maximum atomic E-state index is 12.3. The molecule has 2 aromatic carbocycles. The molecule has 0 fully saturated rings. The molecule has 7 heteroatoms. The molecule has 0 amide bonds. The number of halogens is 1. The number of rotatable bonds is 9. The highest BCUT2D eigenvalue weighted by molar-refractivity contribution is 9.10. The van der Waals surface area contributed by atoms with Gasteiger partial charge < -0.3 is 9.84 Å². The first-order valence-electron chi connectivity index (χ1n) is 8.77. The summed E-state index contributed by atoms with van der Waals surface area (Å²) in [4.78, 5) is 18.7. The van der Waals surface area contributed by atoms with Gasteiger partial charge in [0, 0.05) is 25.6 Å². The Bertz CT molecular complexity index is 847. The van der Waals surface area contributed by atoms with Gasteiger partial charge in [-0.05, 0) is 27.1 Å². The van der Waals surface area contributed by atoms with E-state index in [0.29, 0.717) is 22.7 Å². The van der Waals surface area contributed by atoms with Gasteiger partial charge in [0.15, 0.2) is 0 Å². The molecule has 0 saturated heterocycles. The molecule has 1 N–H and O–H groups in total. The van der Waals surface area contributed by atoms with Crippen molar-refractivity contribution >= 4 is 33.2 Å². The van der Waals surface area contributed by atoms with Gasteiger partial charge in [-0.15, -0.1) is 11.3 Å². The van der Waals surface area contributed by atoms with E-state index in [1.165, 1.54) is 18.4 Å². The number of methoxy groups -OCH3 is 1. The normalized spacial score (nSPS) is 13.4. The summed E-state index contributed by atoms with van der Waals surface area (Å²) in [6.07, 6.45) is -0.679. The van der Waals surface area contributed by atoms with E-state index in [4.69, 9.17) is 4.74 Å². The fourth-order valence-electron chi connectivity index (χ4n) is 3.13. The molecule has 0 aliphatic carbocycles. The van der Waals surface area contributed by atoms with Gasteiger partial charge in [-0.1, -0.05) is 60.7 Å². The van der Waals surface area contributed by atoms with Crippen LogP contribution < -0.4 is 0 Å². The Kier molecular flexibility index (Phi) is 7.33. The van der Waals surface area contributed by atoms with Gasteiger partial charge in [-0.25, -0.2) is 4.98 Å². The van der Waals surface area contributed by atoms with Crippen molar-refractivity contribution in [3.63, 3.8) is 0 Å². The van der Waals surface area contributed by atoms with Crippen LogP contribution >= 0.6 is 27.3 Å². The lowest BCUT2D eigenvalue weighted by Gasteiger charge is -2.33. The van der Waals surface area contributed by atoms with E-state index in [1.54, 1.807) is 0 Å². The highest BCUT2D eigenvalue weighted by atomic mass is 79.9. The van der Waals surface area contributed by atoms with E-state index in [0.717, 1.165) is 11.1 Å². The minimum absolute atomic E-state index is 0.485. The van der Waals surface area contributed by atoms with Crippen molar-refractivity contribution in [2.75, 3.05) is 7.11 Å². The van der Waals surface area contributed by atoms with Crippen LogP contribution in [-0.2, 0) is 22.6 Å². The molecule has 3 rings (SSSR count). The highest BCUT2D eigenvalue weighted by Gasteiger charge is 2.37. The standard InChI is InChI=1S/C21H21BrN2O3S/c1-27-19(20-23-17(22)14-28-20)18(21(25)26)24(12-15-8-4-2-5-9-15)13-16-10-6-3-7-11-16/h2-11,14,18-19H,12-13H2,1H3,(H,25,26)/t18-,19-/m0/s1. The molecule has 1 aromatic heterocycles. The monoisotopic (exact) mass is 460 g/mol. The predicted octanol–water partition coefficient (Wildman–Crippen LogP) is 4.75. The summed E-state index contributed by atoms with van der Waals surface area (Å²) < 4.78 is 6.31. The maximum absolute atomic E-state index is 12.3. The largest absolute Gasteiger partial charge is 0.480 e. The van der Waals surface area contributed by atoms with Gasteiger partial charge >= 0.3 is 5.97 Å². The van der Waals surface area contributed by atoms with Gasteiger partial charge in [0.2, 0.25) is 0 Å². The fourth-order valence-corrected chi connectivity index (χ4v) is 4.50. The third-order valence-corrected chi connectivity index (χ3v) is 6.00. The second-order valence-corrected chi connectivity index (χ2v) is 8.03. The van der Waals surface area contributed by atoms with E-state index in [2.05, 4.69) is 20.9 Å². The van der Waals surface area contributed by atoms with Crippen LogP contribution in [0.2, 0.25) is 0 Å². The Morgan fingerprint density at radius 1 is 1.11 bits per heavy atom. The van der Waals surface area contributed by atoms with E-state index < -0.39 is 18.1 Å². The van der Waals surface area contributed by atoms with Crippen LogP contribution in [-0.4, -0.2) is 34.1 Å². The molecular formula is C21H21BrN2O3S. The first-order chi connectivity index (χ1) is 13.6. The summed E-state index contributed by atoms with van der Waals surface area (Å²) in [5.41, 5.74) is 2.08. The van der Waals surface area contributed by atoms with E-state index in [-0.39, 0.29) is 0 Å². The number of benzene rings is 2. The number of carboxylic acid groups (broad SMARTS) is 1. The zero-order valence-corrected chi connectivity index (χ0v) is 17.8. The van der Waals surface area contributed by atoms with Crippen molar-refractivity contribution in [2.24, 2.45) is 0 Å². The number of nitrogens with zero attached hydrogens (tertiary/aromatic N) is 2. The zero-order chi connectivity index (χ0) is 19.9. The molecule has 146 valence electrons. The summed E-state index contributed by atoms with van der Waals surface area (Å²) in [6.45, 7) is 0.970. The Morgan fingerprint density at radius 3 is 2.04 bits per heavy atom. The lowest BCUT2D eigenvalue weighted by atomic mass is 10.1. The number of aliphatic carboxylic acids is 1. The van der Waals surface area contributed by atoms with Crippen LogP contribution in [0, 0.1) is 0 Å². The molecule has 5 nitrogen and oxygen atoms in total. The number of hydrogen-bond donors (Lipinski definition) is 1.